The number of hydrogen-bond acceptors (Lipinski definition) is 0. The van der Waals surface area contributed by atoms with Crippen molar-refractivity contribution >= 4 is 0 Å². The fraction of sp³-hybridized carbons (Fsp3) is 0.500. The first kappa shape index (κ1) is 5.61. The van der Waals surface area contributed by atoms with Crippen LogP contribution in [0.5, 0.6) is 0 Å². The Balaban J connectivity index is 3.64. The third-order valence-corrected chi connectivity index (χ3v) is 1.17. The lowest BCUT2D eigenvalue weighted by atomic mass is 10.0. The highest BCUT2D eigenvalue weighted by Crippen LogP contribution is 2.10. The third kappa shape index (κ3) is 2.62. The van der Waals surface area contributed by atoms with E-state index in [2.05, 4.69) is 27.0 Å². The molecule has 0 rings (SSSR count). The Hall–Kier alpha value is -0.520. The molecule has 46 valence electrons. The molecule has 0 fully saturated rings. The summed E-state index contributed by atoms with van der Waals surface area (Å²) in [5.74, 6) is 0.479. The van der Waals surface area contributed by atoms with Gasteiger partial charge in [-0.05, 0) is 12.3 Å². The average Bonchev–Trinajstić information content (AvgIpc) is 1.63. The van der Waals surface area contributed by atoms with Crippen LogP contribution in [0.2, 0.25) is 0 Å². The van der Waals surface area contributed by atoms with Gasteiger partial charge < -0.3 is 0 Å². The second-order valence-corrected chi connectivity index (χ2v) is 2.24. The van der Waals surface area contributed by atoms with E-state index in [1.54, 1.807) is 0 Å². The number of hydrogen-bond donors (Lipinski definition) is 0. The average molecular weight is 111 g/mol. The van der Waals surface area contributed by atoms with Crippen LogP contribution in [0.3, 0.4) is 0 Å². The molecule has 0 aromatic rings. The van der Waals surface area contributed by atoms with Crippen LogP contribution in [0.15, 0.2) is 24.8 Å². The van der Waals surface area contributed by atoms with Crippen molar-refractivity contribution in [1.82, 2.24) is 0 Å². The molecule has 0 radical (unpaired) electrons. The molecule has 8 heavy (non-hydrogen) atoms. The van der Waals surface area contributed by atoms with Gasteiger partial charge in [-0.15, -0.1) is 6.58 Å². The Kier molecular flexibility index (Phi) is 2.44. The van der Waals surface area contributed by atoms with E-state index in [4.69, 9.17) is 1.37 Å². The lowest BCUT2D eigenvalue weighted by molar-refractivity contribution is 0.752. The van der Waals surface area contributed by atoms with Crippen molar-refractivity contribution in [3.8, 4) is 0 Å². The van der Waals surface area contributed by atoms with Crippen LogP contribution >= 0.6 is 0 Å². The molecular weight excluding hydrogens is 96.1 g/mol. The van der Waals surface area contributed by atoms with E-state index < -0.39 is 0 Å². The predicted molar refractivity (Wildman–Crippen MR) is 38.8 cm³/mol. The van der Waals surface area contributed by atoms with Gasteiger partial charge in [-0.3, -0.25) is 0 Å². The first-order valence-electron chi connectivity index (χ1n) is 3.36. The molecule has 0 aliphatic carbocycles. The monoisotopic (exact) mass is 111 g/mol. The largest absolute Gasteiger partial charge is 0.103 e. The van der Waals surface area contributed by atoms with Crippen molar-refractivity contribution < 1.29 is 1.37 Å². The van der Waals surface area contributed by atoms with Gasteiger partial charge in [0.05, 0.1) is 1.37 Å². The van der Waals surface area contributed by atoms with E-state index >= 15 is 0 Å². The summed E-state index contributed by atoms with van der Waals surface area (Å²) in [5, 5.41) is 0. The molecule has 0 nitrogen and oxygen atoms in total. The molecule has 0 aromatic heterocycles. The minimum Gasteiger partial charge on any atom is -0.103 e. The molecule has 0 heterocycles. The normalized spacial score (nSPS) is 11.1. The van der Waals surface area contributed by atoms with Crippen LogP contribution in [-0.2, 0) is 0 Å². The first-order valence-corrected chi connectivity index (χ1v) is 2.86. The highest BCUT2D eigenvalue weighted by molar-refractivity contribution is 5.02. The summed E-state index contributed by atoms with van der Waals surface area (Å²) in [5.41, 5.74) is 1.09. The van der Waals surface area contributed by atoms with Gasteiger partial charge in [-0.2, -0.15) is 0 Å². The SMILES string of the molecule is [2H]C(=C)CC(=C)C(C)C. The molecule has 0 spiro atoms. The number of allylic oxidation sites excluding steroid dienone is 2. The van der Waals surface area contributed by atoms with Crippen molar-refractivity contribution in [2.75, 3.05) is 0 Å². The van der Waals surface area contributed by atoms with E-state index in [0.29, 0.717) is 18.4 Å². The Morgan fingerprint density at radius 2 is 2.38 bits per heavy atom. The highest BCUT2D eigenvalue weighted by atomic mass is 14.0. The van der Waals surface area contributed by atoms with E-state index in [-0.39, 0.29) is 0 Å². The van der Waals surface area contributed by atoms with Crippen molar-refractivity contribution in [3.63, 3.8) is 0 Å². The predicted octanol–water partition coefficient (Wildman–Crippen LogP) is 2.77. The molecule has 0 aliphatic rings. The van der Waals surface area contributed by atoms with Gasteiger partial charge in [0.1, 0.15) is 0 Å². The van der Waals surface area contributed by atoms with Crippen LogP contribution in [0.25, 0.3) is 0 Å². The van der Waals surface area contributed by atoms with E-state index in [1.165, 1.54) is 0 Å². The maximum atomic E-state index is 7.05. The summed E-state index contributed by atoms with van der Waals surface area (Å²) in [4.78, 5) is 0. The van der Waals surface area contributed by atoms with Gasteiger partial charge in [0.2, 0.25) is 0 Å². The van der Waals surface area contributed by atoms with E-state index in [0.717, 1.165) is 5.57 Å². The van der Waals surface area contributed by atoms with Gasteiger partial charge in [-0.25, -0.2) is 0 Å². The summed E-state index contributed by atoms with van der Waals surface area (Å²) in [6, 6.07) is 0.453. The Morgan fingerprint density at radius 1 is 1.88 bits per heavy atom. The molecule has 0 heteroatoms. The van der Waals surface area contributed by atoms with Crippen LogP contribution in [0.4, 0.5) is 0 Å². The summed E-state index contributed by atoms with van der Waals surface area (Å²) in [6.07, 6.45) is 0.650. The second kappa shape index (κ2) is 3.48. The van der Waals surface area contributed by atoms with Gasteiger partial charge in [0, 0.05) is 0 Å². The molecule has 0 saturated heterocycles. The lowest BCUT2D eigenvalue weighted by Crippen LogP contribution is -1.88. The standard InChI is InChI=1S/C8H14/c1-5-6-8(4)7(2)3/h5,7H,1,4,6H2,2-3H3/i5D. The quantitative estimate of drug-likeness (QED) is 0.491. The molecule has 0 atom stereocenters. The maximum Gasteiger partial charge on any atom is 0.0573 e. The zero-order chi connectivity index (χ0) is 7.44. The minimum atomic E-state index is 0.453. The fourth-order valence-corrected chi connectivity index (χ4v) is 0.365. The molecule has 0 amide bonds. The number of rotatable bonds is 3. The zero-order valence-electron chi connectivity index (χ0n) is 6.70. The summed E-state index contributed by atoms with van der Waals surface area (Å²) < 4.78 is 7.05. The summed E-state index contributed by atoms with van der Waals surface area (Å²) in [6.45, 7) is 11.4. The molecule has 0 saturated carbocycles. The molecule has 0 bridgehead atoms. The third-order valence-electron chi connectivity index (χ3n) is 1.17. The van der Waals surface area contributed by atoms with Gasteiger partial charge in [0.25, 0.3) is 0 Å². The highest BCUT2D eigenvalue weighted by Gasteiger charge is 1.94. The Morgan fingerprint density at radius 3 is 2.50 bits per heavy atom. The van der Waals surface area contributed by atoms with E-state index in [1.807, 2.05) is 0 Å². The van der Waals surface area contributed by atoms with Crippen molar-refractivity contribution in [2.24, 2.45) is 5.92 Å². The fourth-order valence-electron chi connectivity index (χ4n) is 0.365. The van der Waals surface area contributed by atoms with Gasteiger partial charge >= 0.3 is 0 Å². The minimum absolute atomic E-state index is 0.453. The summed E-state index contributed by atoms with van der Waals surface area (Å²) >= 11 is 0. The van der Waals surface area contributed by atoms with E-state index in [9.17, 15) is 0 Å². The van der Waals surface area contributed by atoms with Gasteiger partial charge in [0.15, 0.2) is 0 Å². The second-order valence-electron chi connectivity index (χ2n) is 2.24. The molecule has 0 aromatic carbocycles. The van der Waals surface area contributed by atoms with Crippen molar-refractivity contribution in [2.45, 2.75) is 20.3 Å². The first-order chi connectivity index (χ1) is 4.04. The van der Waals surface area contributed by atoms with Crippen LogP contribution in [0.1, 0.15) is 21.6 Å². The maximum absolute atomic E-state index is 7.05. The Labute approximate surface area is 53.3 Å². The van der Waals surface area contributed by atoms with Crippen LogP contribution in [0, 0.1) is 5.92 Å². The molecule has 0 N–H and O–H groups in total. The summed E-state index contributed by atoms with van der Waals surface area (Å²) in [7, 11) is 0. The topological polar surface area (TPSA) is 0 Å². The molecular formula is C8H14. The zero-order valence-corrected chi connectivity index (χ0v) is 5.70. The van der Waals surface area contributed by atoms with Crippen LogP contribution < -0.4 is 0 Å². The Bertz CT molecular complexity index is 123. The lowest BCUT2D eigenvalue weighted by Gasteiger charge is -2.03. The van der Waals surface area contributed by atoms with Crippen molar-refractivity contribution in [3.05, 3.63) is 24.8 Å². The van der Waals surface area contributed by atoms with Crippen LogP contribution in [-0.4, -0.2) is 0 Å². The molecule has 0 aliphatic heterocycles. The van der Waals surface area contributed by atoms with Crippen molar-refractivity contribution in [1.29, 1.82) is 0 Å². The molecule has 0 unspecified atom stereocenters. The van der Waals surface area contributed by atoms with Gasteiger partial charge in [-0.1, -0.05) is 32.1 Å². The smallest absolute Gasteiger partial charge is 0.0573 e.